The Morgan fingerprint density at radius 1 is 1.38 bits per heavy atom. The molecule has 2 saturated heterocycles. The average molecular weight is 288 g/mol. The number of benzene rings is 1. The van der Waals surface area contributed by atoms with E-state index >= 15 is 0 Å². The van der Waals surface area contributed by atoms with Crippen molar-refractivity contribution in [1.29, 1.82) is 5.26 Å². The number of carbonyl (C=O) groups excluding carboxylic acids is 1. The van der Waals surface area contributed by atoms with Gasteiger partial charge in [-0.3, -0.25) is 9.69 Å². The SMILES string of the molecule is CC(C)(C)OC=O.N#Cc1ccc([C@]23CN2CCO3)cc1. The van der Waals surface area contributed by atoms with Crippen LogP contribution in [0.5, 0.6) is 0 Å². The molecule has 1 aromatic rings. The Labute approximate surface area is 125 Å². The second-order valence-electron chi connectivity index (χ2n) is 6.07. The number of rotatable bonds is 2. The van der Waals surface area contributed by atoms with Crippen LogP contribution in [0.25, 0.3) is 0 Å². The van der Waals surface area contributed by atoms with E-state index in [4.69, 9.17) is 10.00 Å². The molecule has 2 heterocycles. The molecule has 0 bridgehead atoms. The van der Waals surface area contributed by atoms with Crippen LogP contribution in [-0.4, -0.2) is 36.7 Å². The lowest BCUT2D eigenvalue weighted by molar-refractivity contribution is -0.138. The number of hydrogen-bond donors (Lipinski definition) is 0. The summed E-state index contributed by atoms with van der Waals surface area (Å²) >= 11 is 0. The van der Waals surface area contributed by atoms with Crippen molar-refractivity contribution in [2.45, 2.75) is 32.1 Å². The fourth-order valence-corrected chi connectivity index (χ4v) is 2.25. The molecular formula is C16H20N2O3. The lowest BCUT2D eigenvalue weighted by Crippen LogP contribution is -2.17. The first-order valence-corrected chi connectivity index (χ1v) is 6.92. The van der Waals surface area contributed by atoms with Crippen molar-refractivity contribution < 1.29 is 14.3 Å². The van der Waals surface area contributed by atoms with E-state index in [1.165, 1.54) is 5.56 Å². The van der Waals surface area contributed by atoms with Crippen LogP contribution in [-0.2, 0) is 20.0 Å². The minimum Gasteiger partial charge on any atom is -0.462 e. The maximum absolute atomic E-state index is 9.60. The van der Waals surface area contributed by atoms with Gasteiger partial charge in [0.15, 0.2) is 5.72 Å². The highest BCUT2D eigenvalue weighted by Gasteiger charge is 2.58. The topological polar surface area (TPSA) is 62.3 Å². The van der Waals surface area contributed by atoms with Gasteiger partial charge in [-0.05, 0) is 32.9 Å². The highest BCUT2D eigenvalue weighted by molar-refractivity contribution is 5.38. The largest absolute Gasteiger partial charge is 0.462 e. The summed E-state index contributed by atoms with van der Waals surface area (Å²) in [5.74, 6) is 0. The molecule has 0 saturated carbocycles. The van der Waals surface area contributed by atoms with E-state index in [0.717, 1.165) is 19.7 Å². The Morgan fingerprint density at radius 2 is 2.05 bits per heavy atom. The quantitative estimate of drug-likeness (QED) is 0.615. The molecule has 112 valence electrons. The summed E-state index contributed by atoms with van der Waals surface area (Å²) in [5, 5.41) is 8.68. The van der Waals surface area contributed by atoms with E-state index in [1.807, 2.05) is 45.0 Å². The molecule has 0 N–H and O–H groups in total. The van der Waals surface area contributed by atoms with Gasteiger partial charge in [0.1, 0.15) is 5.60 Å². The Morgan fingerprint density at radius 3 is 2.38 bits per heavy atom. The molecule has 2 atom stereocenters. The number of morpholine rings is 1. The van der Waals surface area contributed by atoms with Gasteiger partial charge in [-0.25, -0.2) is 0 Å². The van der Waals surface area contributed by atoms with Gasteiger partial charge in [0.2, 0.25) is 0 Å². The van der Waals surface area contributed by atoms with Gasteiger partial charge in [-0.2, -0.15) is 5.26 Å². The van der Waals surface area contributed by atoms with Crippen LogP contribution in [0.15, 0.2) is 24.3 Å². The van der Waals surface area contributed by atoms with E-state index in [9.17, 15) is 4.79 Å². The van der Waals surface area contributed by atoms with Crippen molar-refractivity contribution >= 4 is 6.47 Å². The lowest BCUT2D eigenvalue weighted by atomic mass is 10.1. The molecule has 2 aliphatic rings. The van der Waals surface area contributed by atoms with Crippen LogP contribution in [0.3, 0.4) is 0 Å². The molecule has 0 aromatic heterocycles. The number of ether oxygens (including phenoxy) is 2. The average Bonchev–Trinajstić information content (AvgIpc) is 3.00. The van der Waals surface area contributed by atoms with Crippen LogP contribution >= 0.6 is 0 Å². The normalized spacial score (nSPS) is 25.9. The molecule has 0 amide bonds. The number of carbonyl (C=O) groups is 1. The van der Waals surface area contributed by atoms with Crippen molar-refractivity contribution in [3.05, 3.63) is 35.4 Å². The van der Waals surface area contributed by atoms with Crippen molar-refractivity contribution in [1.82, 2.24) is 4.90 Å². The third-order valence-electron chi connectivity index (χ3n) is 3.38. The summed E-state index contributed by atoms with van der Waals surface area (Å²) in [6, 6.07) is 9.80. The van der Waals surface area contributed by atoms with Gasteiger partial charge in [0, 0.05) is 18.7 Å². The third kappa shape index (κ3) is 3.60. The standard InChI is InChI=1S/C11H10N2O.C5H10O2/c12-7-9-1-3-10(4-2-9)11-8-13(11)5-6-14-11;1-5(2,3)7-4-6/h1-4H,5-6,8H2;4H,1-3H3/t11-,13?;/m1./s1. The van der Waals surface area contributed by atoms with E-state index in [2.05, 4.69) is 15.7 Å². The molecule has 5 nitrogen and oxygen atoms in total. The molecule has 2 fully saturated rings. The predicted octanol–water partition coefficient (Wildman–Crippen LogP) is 2.01. The van der Waals surface area contributed by atoms with E-state index in [0.29, 0.717) is 12.0 Å². The summed E-state index contributed by atoms with van der Waals surface area (Å²) in [6.07, 6.45) is 0. The van der Waals surface area contributed by atoms with Gasteiger partial charge < -0.3 is 9.47 Å². The lowest BCUT2D eigenvalue weighted by Gasteiger charge is -2.14. The Balaban J connectivity index is 0.000000199. The minimum atomic E-state index is -0.318. The van der Waals surface area contributed by atoms with Crippen LogP contribution < -0.4 is 0 Å². The number of nitrogens with zero attached hydrogens (tertiary/aromatic N) is 2. The summed E-state index contributed by atoms with van der Waals surface area (Å²) in [4.78, 5) is 11.9. The van der Waals surface area contributed by atoms with E-state index in [1.54, 1.807) is 0 Å². The summed E-state index contributed by atoms with van der Waals surface area (Å²) < 4.78 is 10.3. The zero-order valence-corrected chi connectivity index (χ0v) is 12.6. The maximum atomic E-state index is 9.60. The van der Waals surface area contributed by atoms with E-state index < -0.39 is 0 Å². The second-order valence-corrected chi connectivity index (χ2v) is 6.07. The van der Waals surface area contributed by atoms with Crippen LogP contribution in [0.2, 0.25) is 0 Å². The number of nitriles is 1. The monoisotopic (exact) mass is 288 g/mol. The fraction of sp³-hybridized carbons (Fsp3) is 0.500. The fourth-order valence-electron chi connectivity index (χ4n) is 2.25. The van der Waals surface area contributed by atoms with Crippen molar-refractivity contribution in [2.75, 3.05) is 19.7 Å². The molecule has 0 radical (unpaired) electrons. The van der Waals surface area contributed by atoms with Gasteiger partial charge in [0.25, 0.3) is 6.47 Å². The van der Waals surface area contributed by atoms with Gasteiger partial charge in [-0.1, -0.05) is 12.1 Å². The summed E-state index contributed by atoms with van der Waals surface area (Å²) in [5.41, 5.74) is 1.43. The Bertz CT molecular complexity index is 542. The zero-order valence-electron chi connectivity index (χ0n) is 12.6. The predicted molar refractivity (Wildman–Crippen MR) is 77.3 cm³/mol. The summed E-state index contributed by atoms with van der Waals surface area (Å²) in [7, 11) is 0. The number of fused-ring (bicyclic) bond motifs is 1. The minimum absolute atomic E-state index is 0.131. The smallest absolute Gasteiger partial charge is 0.293 e. The highest BCUT2D eigenvalue weighted by atomic mass is 16.5. The van der Waals surface area contributed by atoms with Crippen LogP contribution in [0.1, 0.15) is 31.9 Å². The molecule has 2 aliphatic heterocycles. The molecule has 5 heteroatoms. The van der Waals surface area contributed by atoms with Crippen LogP contribution in [0.4, 0.5) is 0 Å². The van der Waals surface area contributed by atoms with Gasteiger partial charge in [0.05, 0.1) is 18.2 Å². The molecule has 1 unspecified atom stereocenters. The maximum Gasteiger partial charge on any atom is 0.293 e. The first-order valence-electron chi connectivity index (χ1n) is 6.92. The van der Waals surface area contributed by atoms with Gasteiger partial charge in [-0.15, -0.1) is 0 Å². The van der Waals surface area contributed by atoms with Gasteiger partial charge >= 0.3 is 0 Å². The van der Waals surface area contributed by atoms with Crippen molar-refractivity contribution in [3.8, 4) is 6.07 Å². The first kappa shape index (κ1) is 15.5. The molecule has 0 aliphatic carbocycles. The summed E-state index contributed by atoms with van der Waals surface area (Å²) in [6.45, 7) is 8.77. The zero-order chi connectivity index (χ0) is 15.5. The highest BCUT2D eigenvalue weighted by Crippen LogP contribution is 2.46. The molecule has 0 spiro atoms. The molecular weight excluding hydrogens is 268 g/mol. The Kier molecular flexibility index (Phi) is 4.31. The molecule has 1 aromatic carbocycles. The molecule has 21 heavy (non-hydrogen) atoms. The Hall–Kier alpha value is -1.90. The third-order valence-corrected chi connectivity index (χ3v) is 3.38. The van der Waals surface area contributed by atoms with Crippen molar-refractivity contribution in [3.63, 3.8) is 0 Å². The van der Waals surface area contributed by atoms with E-state index in [-0.39, 0.29) is 11.3 Å². The second kappa shape index (κ2) is 5.84. The van der Waals surface area contributed by atoms with Crippen molar-refractivity contribution in [2.24, 2.45) is 0 Å². The number of hydrogen-bond acceptors (Lipinski definition) is 5. The first-order chi connectivity index (χ1) is 9.91. The van der Waals surface area contributed by atoms with Crippen LogP contribution in [0, 0.1) is 11.3 Å². The molecule has 3 rings (SSSR count).